The SMILES string of the molecule is CC(NC(=O)c1nc(-c2cccc(NS(C)(=O)=O)c2)cnc1N)c1cc2cccc(Cl)c2c(=O)n1C. The van der Waals surface area contributed by atoms with E-state index < -0.39 is 22.0 Å². The van der Waals surface area contributed by atoms with Crippen molar-refractivity contribution < 1.29 is 13.2 Å². The molecular weight excluding hydrogens is 504 g/mol. The highest BCUT2D eigenvalue weighted by atomic mass is 35.5. The highest BCUT2D eigenvalue weighted by molar-refractivity contribution is 7.92. The average molecular weight is 527 g/mol. The van der Waals surface area contributed by atoms with Crippen molar-refractivity contribution in [2.45, 2.75) is 13.0 Å². The monoisotopic (exact) mass is 526 g/mol. The van der Waals surface area contributed by atoms with Crippen LogP contribution in [0.4, 0.5) is 11.5 Å². The zero-order valence-electron chi connectivity index (χ0n) is 19.6. The second-order valence-corrected chi connectivity index (χ2v) is 10.4. The number of nitrogens with zero attached hydrogens (tertiary/aromatic N) is 3. The molecule has 0 spiro atoms. The smallest absolute Gasteiger partial charge is 0.274 e. The van der Waals surface area contributed by atoms with Gasteiger partial charge in [0.25, 0.3) is 11.5 Å². The lowest BCUT2D eigenvalue weighted by Gasteiger charge is -2.19. The van der Waals surface area contributed by atoms with Gasteiger partial charge in [-0.1, -0.05) is 35.9 Å². The zero-order valence-corrected chi connectivity index (χ0v) is 21.2. The summed E-state index contributed by atoms with van der Waals surface area (Å²) in [5.74, 6) is -0.661. The maximum Gasteiger partial charge on any atom is 0.274 e. The number of hydrogen-bond donors (Lipinski definition) is 3. The number of aromatic nitrogens is 3. The van der Waals surface area contributed by atoms with Gasteiger partial charge in [0.1, 0.15) is 0 Å². The van der Waals surface area contributed by atoms with E-state index in [9.17, 15) is 18.0 Å². The van der Waals surface area contributed by atoms with Gasteiger partial charge in [-0.15, -0.1) is 0 Å². The largest absolute Gasteiger partial charge is 0.382 e. The van der Waals surface area contributed by atoms with Crippen LogP contribution < -0.4 is 21.3 Å². The molecule has 0 saturated carbocycles. The maximum absolute atomic E-state index is 13.1. The van der Waals surface area contributed by atoms with E-state index in [1.54, 1.807) is 62.5 Å². The summed E-state index contributed by atoms with van der Waals surface area (Å²) in [6, 6.07) is 12.9. The Balaban J connectivity index is 1.64. The summed E-state index contributed by atoms with van der Waals surface area (Å²) in [7, 11) is -1.86. The van der Waals surface area contributed by atoms with E-state index in [-0.39, 0.29) is 17.1 Å². The topological polar surface area (TPSA) is 149 Å². The van der Waals surface area contributed by atoms with Crippen molar-refractivity contribution in [2.24, 2.45) is 7.05 Å². The fraction of sp³-hybridized carbons (Fsp3) is 0.167. The first-order valence-electron chi connectivity index (χ1n) is 10.7. The van der Waals surface area contributed by atoms with Crippen LogP contribution in [-0.4, -0.2) is 35.1 Å². The molecule has 1 unspecified atom stereocenters. The highest BCUT2D eigenvalue weighted by Crippen LogP contribution is 2.25. The Labute approximate surface area is 212 Å². The Bertz CT molecular complexity index is 1670. The molecule has 0 saturated heterocycles. The van der Waals surface area contributed by atoms with Crippen molar-refractivity contribution in [1.82, 2.24) is 19.9 Å². The van der Waals surface area contributed by atoms with Crippen LogP contribution in [0.1, 0.15) is 29.1 Å². The Kier molecular flexibility index (Phi) is 6.70. The number of pyridine rings is 1. The number of nitrogen functional groups attached to an aromatic ring is 1. The maximum atomic E-state index is 13.1. The third-order valence-electron chi connectivity index (χ3n) is 5.52. The molecule has 0 aliphatic heterocycles. The van der Waals surface area contributed by atoms with Crippen molar-refractivity contribution >= 4 is 49.8 Å². The van der Waals surface area contributed by atoms with E-state index in [4.69, 9.17) is 17.3 Å². The Morgan fingerprint density at radius 2 is 1.89 bits per heavy atom. The zero-order chi connectivity index (χ0) is 26.2. The number of sulfonamides is 1. The summed E-state index contributed by atoms with van der Waals surface area (Å²) >= 11 is 6.21. The Hall–Kier alpha value is -3.96. The van der Waals surface area contributed by atoms with Crippen LogP contribution in [0.15, 0.2) is 59.5 Å². The summed E-state index contributed by atoms with van der Waals surface area (Å²) in [5.41, 5.74) is 7.32. The van der Waals surface area contributed by atoms with Crippen LogP contribution in [-0.2, 0) is 17.1 Å². The first-order chi connectivity index (χ1) is 16.9. The molecule has 0 fully saturated rings. The molecule has 10 nitrogen and oxygen atoms in total. The molecule has 1 amide bonds. The van der Waals surface area contributed by atoms with Gasteiger partial charge in [-0.2, -0.15) is 0 Å². The molecule has 4 rings (SSSR count). The lowest BCUT2D eigenvalue weighted by Crippen LogP contribution is -2.32. The molecule has 2 heterocycles. The lowest BCUT2D eigenvalue weighted by atomic mass is 10.1. The van der Waals surface area contributed by atoms with Crippen LogP contribution in [0.2, 0.25) is 5.02 Å². The van der Waals surface area contributed by atoms with Crippen LogP contribution in [0.5, 0.6) is 0 Å². The van der Waals surface area contributed by atoms with Crippen molar-refractivity contribution in [3.05, 3.63) is 81.5 Å². The molecule has 12 heteroatoms. The predicted octanol–water partition coefficient (Wildman–Crippen LogP) is 3.09. The molecule has 0 bridgehead atoms. The lowest BCUT2D eigenvalue weighted by molar-refractivity contribution is 0.0934. The van der Waals surface area contributed by atoms with E-state index in [0.29, 0.717) is 38.4 Å². The Morgan fingerprint density at radius 1 is 1.17 bits per heavy atom. The molecule has 2 aromatic carbocycles. The molecular formula is C24H23ClN6O4S. The van der Waals surface area contributed by atoms with Crippen molar-refractivity contribution in [1.29, 1.82) is 0 Å². The minimum absolute atomic E-state index is 0.0759. The average Bonchev–Trinajstić information content (AvgIpc) is 2.80. The molecule has 186 valence electrons. The second-order valence-electron chi connectivity index (χ2n) is 8.28. The second kappa shape index (κ2) is 9.59. The molecule has 1 atom stereocenters. The van der Waals surface area contributed by atoms with E-state index in [0.717, 1.165) is 6.26 Å². The number of anilines is 2. The predicted molar refractivity (Wildman–Crippen MR) is 140 cm³/mol. The van der Waals surface area contributed by atoms with E-state index in [1.807, 2.05) is 0 Å². The first-order valence-corrected chi connectivity index (χ1v) is 13.0. The minimum Gasteiger partial charge on any atom is -0.382 e. The summed E-state index contributed by atoms with van der Waals surface area (Å²) in [5, 5.41) is 4.23. The number of carbonyl (C=O) groups is 1. The van der Waals surface area contributed by atoms with Gasteiger partial charge in [-0.25, -0.2) is 18.4 Å². The normalized spacial score (nSPS) is 12.3. The number of amides is 1. The van der Waals surface area contributed by atoms with Gasteiger partial charge in [0, 0.05) is 24.0 Å². The first kappa shape index (κ1) is 25.1. The molecule has 4 aromatic rings. The standard InChI is InChI=1S/C24H23ClN6O4S/c1-13(19-11-15-7-5-9-17(25)20(15)24(33)31(19)2)28-23(32)21-22(26)27-12-18(29-21)14-6-4-8-16(10-14)30-36(3,34)35/h4-13,30H,1-3H3,(H2,26,27)(H,28,32). The van der Waals surface area contributed by atoms with Gasteiger partial charge >= 0.3 is 0 Å². The number of nitrogens with two attached hydrogens (primary N) is 1. The minimum atomic E-state index is -3.47. The van der Waals surface area contributed by atoms with Gasteiger partial charge in [-0.3, -0.25) is 14.3 Å². The van der Waals surface area contributed by atoms with E-state index in [1.165, 1.54) is 10.8 Å². The van der Waals surface area contributed by atoms with E-state index in [2.05, 4.69) is 20.0 Å². The van der Waals surface area contributed by atoms with E-state index >= 15 is 0 Å². The fourth-order valence-corrected chi connectivity index (χ4v) is 4.66. The van der Waals surface area contributed by atoms with Crippen molar-refractivity contribution in [2.75, 3.05) is 16.7 Å². The molecule has 0 aliphatic carbocycles. The summed E-state index contributed by atoms with van der Waals surface area (Å²) in [4.78, 5) is 34.4. The van der Waals surface area contributed by atoms with Crippen molar-refractivity contribution in [3.63, 3.8) is 0 Å². The van der Waals surface area contributed by atoms with Gasteiger partial charge in [-0.05, 0) is 36.6 Å². The van der Waals surface area contributed by atoms with Crippen LogP contribution in [0.3, 0.4) is 0 Å². The number of hydrogen-bond acceptors (Lipinski definition) is 7. The van der Waals surface area contributed by atoms with Gasteiger partial charge in [0.15, 0.2) is 11.5 Å². The number of nitrogens with one attached hydrogen (secondary N) is 2. The highest BCUT2D eigenvalue weighted by Gasteiger charge is 2.20. The third kappa shape index (κ3) is 5.16. The quantitative estimate of drug-likeness (QED) is 0.349. The third-order valence-corrected chi connectivity index (χ3v) is 6.45. The summed E-state index contributed by atoms with van der Waals surface area (Å²) in [6.45, 7) is 1.73. The number of halogens is 1. The van der Waals surface area contributed by atoms with Gasteiger partial charge in [0.2, 0.25) is 10.0 Å². The fourth-order valence-electron chi connectivity index (χ4n) is 3.84. The molecule has 4 N–H and O–H groups in total. The summed E-state index contributed by atoms with van der Waals surface area (Å²) < 4.78 is 26.9. The van der Waals surface area contributed by atoms with Crippen molar-refractivity contribution in [3.8, 4) is 11.3 Å². The number of benzene rings is 2. The number of fused-ring (bicyclic) bond motifs is 1. The van der Waals surface area contributed by atoms with Gasteiger partial charge < -0.3 is 15.6 Å². The summed E-state index contributed by atoms with van der Waals surface area (Å²) in [6.07, 6.45) is 2.44. The molecule has 36 heavy (non-hydrogen) atoms. The van der Waals surface area contributed by atoms with Crippen LogP contribution in [0.25, 0.3) is 22.0 Å². The van der Waals surface area contributed by atoms with Crippen LogP contribution >= 0.6 is 11.6 Å². The molecule has 0 radical (unpaired) electrons. The van der Waals surface area contributed by atoms with Gasteiger partial charge in [0.05, 0.1) is 34.6 Å². The Morgan fingerprint density at radius 3 is 2.61 bits per heavy atom. The molecule has 2 aromatic heterocycles. The van der Waals surface area contributed by atoms with Crippen LogP contribution in [0, 0.1) is 0 Å². The number of carbonyl (C=O) groups excluding carboxylic acids is 1. The molecule has 0 aliphatic rings. The number of rotatable bonds is 6.